The van der Waals surface area contributed by atoms with Crippen LogP contribution in [-0.4, -0.2) is 19.0 Å². The number of hydrogen-bond donors (Lipinski definition) is 1. The van der Waals surface area contributed by atoms with Gasteiger partial charge in [-0.1, -0.05) is 0 Å². The second-order valence-corrected chi connectivity index (χ2v) is 5.00. The van der Waals surface area contributed by atoms with Crippen LogP contribution in [0.5, 0.6) is 0 Å². The molecule has 1 N–H and O–H groups in total. The Bertz CT molecular complexity index is 403. The molecule has 0 bridgehead atoms. The molecule has 17 heavy (non-hydrogen) atoms. The Balaban J connectivity index is 1.64. The molecule has 0 unspecified atom stereocenters. The van der Waals surface area contributed by atoms with Crippen molar-refractivity contribution in [2.24, 2.45) is 5.92 Å². The van der Waals surface area contributed by atoms with E-state index in [4.69, 9.17) is 0 Å². The van der Waals surface area contributed by atoms with Crippen molar-refractivity contribution in [1.29, 1.82) is 0 Å². The molecule has 2 fully saturated rings. The Morgan fingerprint density at radius 1 is 1.12 bits per heavy atom. The minimum Gasteiger partial charge on any atom is -0.372 e. The third kappa shape index (κ3) is 2.43. The van der Waals surface area contributed by atoms with Gasteiger partial charge in [0.1, 0.15) is 0 Å². The molecule has 3 heteroatoms. The number of amides is 1. The number of hydrogen-bond acceptors (Lipinski definition) is 2. The predicted octanol–water partition coefficient (Wildman–Crippen LogP) is 2.64. The molecule has 3 nitrogen and oxygen atoms in total. The number of carbonyl (C=O) groups is 1. The van der Waals surface area contributed by atoms with Gasteiger partial charge in [-0.25, -0.2) is 0 Å². The van der Waals surface area contributed by atoms with Crippen molar-refractivity contribution in [3.8, 4) is 0 Å². The van der Waals surface area contributed by atoms with Crippen molar-refractivity contribution in [3.63, 3.8) is 0 Å². The summed E-state index contributed by atoms with van der Waals surface area (Å²) >= 11 is 0. The molecule has 0 atom stereocenters. The quantitative estimate of drug-likeness (QED) is 0.865. The first-order valence-corrected chi connectivity index (χ1v) is 6.49. The van der Waals surface area contributed by atoms with Crippen molar-refractivity contribution < 1.29 is 4.79 Å². The van der Waals surface area contributed by atoms with E-state index in [1.807, 2.05) is 12.1 Å². The van der Waals surface area contributed by atoms with Gasteiger partial charge in [0.15, 0.2) is 0 Å². The molecule has 1 amide bonds. The standard InChI is InChI=1S/C14H18N2O/c17-14(11-3-4-11)15-12-5-7-13(8-6-12)16-9-1-2-10-16/h5-8,11H,1-4,9-10H2,(H,15,17). The minimum absolute atomic E-state index is 0.180. The molecule has 0 aromatic heterocycles. The molecule has 2 aliphatic rings. The van der Waals surface area contributed by atoms with E-state index in [1.54, 1.807) is 0 Å². The molecule has 0 spiro atoms. The van der Waals surface area contributed by atoms with E-state index in [-0.39, 0.29) is 11.8 Å². The van der Waals surface area contributed by atoms with Crippen molar-refractivity contribution in [1.82, 2.24) is 0 Å². The second kappa shape index (κ2) is 4.40. The van der Waals surface area contributed by atoms with Crippen LogP contribution in [0.2, 0.25) is 0 Å². The normalized spacial score (nSPS) is 19.4. The third-order valence-electron chi connectivity index (χ3n) is 3.55. The topological polar surface area (TPSA) is 32.3 Å². The molecular weight excluding hydrogens is 212 g/mol. The summed E-state index contributed by atoms with van der Waals surface area (Å²) < 4.78 is 0. The molecule has 1 aliphatic carbocycles. The smallest absolute Gasteiger partial charge is 0.227 e. The highest BCUT2D eigenvalue weighted by Gasteiger charge is 2.29. The molecule has 90 valence electrons. The van der Waals surface area contributed by atoms with Gasteiger partial charge in [0.05, 0.1) is 0 Å². The first kappa shape index (κ1) is 10.6. The lowest BCUT2D eigenvalue weighted by Gasteiger charge is -2.17. The van der Waals surface area contributed by atoms with Crippen LogP contribution in [0.15, 0.2) is 24.3 Å². The lowest BCUT2D eigenvalue weighted by Crippen LogP contribution is -2.17. The monoisotopic (exact) mass is 230 g/mol. The Morgan fingerprint density at radius 3 is 2.35 bits per heavy atom. The van der Waals surface area contributed by atoms with Crippen molar-refractivity contribution in [2.75, 3.05) is 23.3 Å². The molecule has 1 aliphatic heterocycles. The van der Waals surface area contributed by atoms with Crippen LogP contribution in [0.4, 0.5) is 11.4 Å². The number of nitrogens with one attached hydrogen (secondary N) is 1. The van der Waals surface area contributed by atoms with Crippen molar-refractivity contribution >= 4 is 17.3 Å². The molecule has 0 radical (unpaired) electrons. The summed E-state index contributed by atoms with van der Waals surface area (Å²) in [7, 11) is 0. The Morgan fingerprint density at radius 2 is 1.76 bits per heavy atom. The maximum atomic E-state index is 11.6. The van der Waals surface area contributed by atoms with Crippen LogP contribution in [0, 0.1) is 5.92 Å². The zero-order valence-electron chi connectivity index (χ0n) is 9.98. The zero-order valence-corrected chi connectivity index (χ0v) is 9.98. The van der Waals surface area contributed by atoms with E-state index in [0.29, 0.717) is 0 Å². The second-order valence-electron chi connectivity index (χ2n) is 5.00. The maximum Gasteiger partial charge on any atom is 0.227 e. The Kier molecular flexibility index (Phi) is 2.75. The van der Waals surface area contributed by atoms with E-state index in [9.17, 15) is 4.79 Å². The molecule has 3 rings (SSSR count). The Hall–Kier alpha value is -1.51. The fourth-order valence-corrected chi connectivity index (χ4v) is 2.32. The van der Waals surface area contributed by atoms with E-state index >= 15 is 0 Å². The van der Waals surface area contributed by atoms with Crippen LogP contribution in [0.1, 0.15) is 25.7 Å². The lowest BCUT2D eigenvalue weighted by atomic mass is 10.2. The van der Waals surface area contributed by atoms with Gasteiger partial charge in [0.2, 0.25) is 5.91 Å². The van der Waals surface area contributed by atoms with E-state index in [2.05, 4.69) is 22.3 Å². The highest BCUT2D eigenvalue weighted by atomic mass is 16.2. The van der Waals surface area contributed by atoms with Crippen LogP contribution in [-0.2, 0) is 4.79 Å². The number of nitrogens with zero attached hydrogens (tertiary/aromatic N) is 1. The van der Waals surface area contributed by atoms with Gasteiger partial charge < -0.3 is 10.2 Å². The first-order valence-electron chi connectivity index (χ1n) is 6.49. The van der Waals surface area contributed by atoms with Crippen LogP contribution >= 0.6 is 0 Å². The average Bonchev–Trinajstić information content (AvgIpc) is 3.07. The summed E-state index contributed by atoms with van der Waals surface area (Å²) in [4.78, 5) is 14.0. The SMILES string of the molecule is O=C(Nc1ccc(N2CCCC2)cc1)C1CC1. The van der Waals surface area contributed by atoms with Gasteiger partial charge >= 0.3 is 0 Å². The number of anilines is 2. The average molecular weight is 230 g/mol. The van der Waals surface area contributed by atoms with Crippen LogP contribution in [0.3, 0.4) is 0 Å². The van der Waals surface area contributed by atoms with Gasteiger partial charge in [-0.15, -0.1) is 0 Å². The lowest BCUT2D eigenvalue weighted by molar-refractivity contribution is -0.117. The first-order chi connectivity index (χ1) is 8.33. The summed E-state index contributed by atoms with van der Waals surface area (Å²) in [5.41, 5.74) is 2.19. The van der Waals surface area contributed by atoms with E-state index in [1.165, 1.54) is 18.5 Å². The summed E-state index contributed by atoms with van der Waals surface area (Å²) in [5, 5.41) is 2.96. The number of benzene rings is 1. The van der Waals surface area contributed by atoms with Crippen LogP contribution < -0.4 is 10.2 Å². The molecule has 1 aromatic rings. The number of carbonyl (C=O) groups excluding carboxylic acids is 1. The van der Waals surface area contributed by atoms with Gasteiger partial charge in [-0.05, 0) is 49.9 Å². The highest BCUT2D eigenvalue weighted by molar-refractivity contribution is 5.94. The third-order valence-corrected chi connectivity index (χ3v) is 3.55. The largest absolute Gasteiger partial charge is 0.372 e. The number of rotatable bonds is 3. The zero-order chi connectivity index (χ0) is 11.7. The maximum absolute atomic E-state index is 11.6. The van der Waals surface area contributed by atoms with E-state index < -0.39 is 0 Å². The highest BCUT2D eigenvalue weighted by Crippen LogP contribution is 2.30. The van der Waals surface area contributed by atoms with Crippen molar-refractivity contribution in [3.05, 3.63) is 24.3 Å². The molecule has 1 saturated carbocycles. The van der Waals surface area contributed by atoms with Crippen LogP contribution in [0.25, 0.3) is 0 Å². The van der Waals surface area contributed by atoms with Gasteiger partial charge in [0, 0.05) is 30.4 Å². The fraction of sp³-hybridized carbons (Fsp3) is 0.500. The molecule has 1 heterocycles. The van der Waals surface area contributed by atoms with Gasteiger partial charge in [-0.2, -0.15) is 0 Å². The molecular formula is C14H18N2O. The summed E-state index contributed by atoms with van der Waals surface area (Å²) in [6.07, 6.45) is 4.69. The van der Waals surface area contributed by atoms with E-state index in [0.717, 1.165) is 31.6 Å². The summed E-state index contributed by atoms with van der Waals surface area (Å²) in [5.74, 6) is 0.451. The van der Waals surface area contributed by atoms with Crippen molar-refractivity contribution in [2.45, 2.75) is 25.7 Å². The molecule has 1 aromatic carbocycles. The van der Waals surface area contributed by atoms with Gasteiger partial charge in [-0.3, -0.25) is 4.79 Å². The summed E-state index contributed by atoms with van der Waals surface area (Å²) in [6.45, 7) is 2.32. The summed E-state index contributed by atoms with van der Waals surface area (Å²) in [6, 6.07) is 8.23. The predicted molar refractivity (Wildman–Crippen MR) is 69.2 cm³/mol. The molecule has 1 saturated heterocycles. The Labute approximate surface area is 102 Å². The van der Waals surface area contributed by atoms with Gasteiger partial charge in [0.25, 0.3) is 0 Å². The fourth-order valence-electron chi connectivity index (χ4n) is 2.32. The minimum atomic E-state index is 0.180.